The molecule has 0 aliphatic carbocycles. The smallest absolute Gasteiger partial charge is 0.342 e. The van der Waals surface area contributed by atoms with Gasteiger partial charge in [-0.25, -0.2) is 5.43 Å². The first-order valence-corrected chi connectivity index (χ1v) is 11.0. The molecule has 3 aromatic carbocycles. The van der Waals surface area contributed by atoms with Crippen LogP contribution in [0.2, 0.25) is 0 Å². The van der Waals surface area contributed by atoms with Gasteiger partial charge in [-0.1, -0.05) is 36.4 Å². The number of aromatic hydroxyl groups is 1. The summed E-state index contributed by atoms with van der Waals surface area (Å²) in [5.41, 5.74) is 4.41. The van der Waals surface area contributed by atoms with Crippen molar-refractivity contribution in [2.24, 2.45) is 5.10 Å². The lowest BCUT2D eigenvalue weighted by Crippen LogP contribution is -2.34. The monoisotopic (exact) mass is 475 g/mol. The maximum atomic E-state index is 12.3. The summed E-state index contributed by atoms with van der Waals surface area (Å²) in [6.45, 7) is 0. The SMILES string of the molecule is O=C(CSc1n[nH]c(-c2cccc([N+](=O)[O-])c2)[n+]1-c1ccccc1)NN=Cc1cccc(O)c1. The Morgan fingerprint density at radius 2 is 1.94 bits per heavy atom. The second-order valence-electron chi connectivity index (χ2n) is 7.01. The molecule has 0 radical (unpaired) electrons. The number of amides is 1. The Labute approximate surface area is 198 Å². The maximum absolute atomic E-state index is 12.3. The molecule has 3 N–H and O–H groups in total. The topological polar surface area (TPSA) is 137 Å². The molecule has 0 aliphatic rings. The molecule has 1 aromatic heterocycles. The fourth-order valence-electron chi connectivity index (χ4n) is 3.12. The third kappa shape index (κ3) is 5.45. The number of aromatic amines is 1. The summed E-state index contributed by atoms with van der Waals surface area (Å²) in [5.74, 6) is 0.332. The summed E-state index contributed by atoms with van der Waals surface area (Å²) in [6.07, 6.45) is 1.43. The molecular formula is C23H19N6O4S+. The van der Waals surface area contributed by atoms with Crippen LogP contribution in [-0.2, 0) is 4.79 Å². The van der Waals surface area contributed by atoms with Gasteiger partial charge in [0.25, 0.3) is 17.4 Å². The van der Waals surface area contributed by atoms with E-state index in [0.29, 0.717) is 22.1 Å². The molecule has 0 atom stereocenters. The largest absolute Gasteiger partial charge is 0.508 e. The molecule has 0 fully saturated rings. The van der Waals surface area contributed by atoms with Crippen molar-refractivity contribution in [2.45, 2.75) is 5.16 Å². The number of thioether (sulfide) groups is 1. The van der Waals surface area contributed by atoms with Crippen molar-refractivity contribution in [2.75, 3.05) is 5.75 Å². The van der Waals surface area contributed by atoms with Gasteiger partial charge in [-0.05, 0) is 47.7 Å². The van der Waals surface area contributed by atoms with Crippen LogP contribution in [0.5, 0.6) is 5.75 Å². The Kier molecular flexibility index (Phi) is 6.94. The van der Waals surface area contributed by atoms with Crippen molar-refractivity contribution in [1.29, 1.82) is 0 Å². The van der Waals surface area contributed by atoms with Gasteiger partial charge in [0, 0.05) is 12.1 Å². The molecule has 0 spiro atoms. The van der Waals surface area contributed by atoms with E-state index >= 15 is 0 Å². The first-order chi connectivity index (χ1) is 16.5. The van der Waals surface area contributed by atoms with Crippen LogP contribution in [-0.4, -0.2) is 38.1 Å². The number of nitro benzene ring substituents is 1. The van der Waals surface area contributed by atoms with Gasteiger partial charge in [-0.2, -0.15) is 9.67 Å². The number of rotatable bonds is 8. The fraction of sp³-hybridized carbons (Fsp3) is 0.0435. The van der Waals surface area contributed by atoms with Gasteiger partial charge in [0.15, 0.2) is 0 Å². The minimum Gasteiger partial charge on any atom is -0.508 e. The predicted molar refractivity (Wildman–Crippen MR) is 127 cm³/mol. The van der Waals surface area contributed by atoms with Crippen LogP contribution >= 0.6 is 11.8 Å². The molecule has 4 rings (SSSR count). The Bertz CT molecular complexity index is 1360. The zero-order valence-electron chi connectivity index (χ0n) is 17.7. The molecule has 0 saturated heterocycles. The highest BCUT2D eigenvalue weighted by molar-refractivity contribution is 7.99. The molecule has 0 saturated carbocycles. The number of non-ortho nitro benzene ring substituents is 1. The number of para-hydroxylation sites is 1. The number of benzene rings is 3. The van der Waals surface area contributed by atoms with E-state index in [1.807, 2.05) is 30.3 Å². The summed E-state index contributed by atoms with van der Waals surface area (Å²) >= 11 is 1.19. The van der Waals surface area contributed by atoms with E-state index in [4.69, 9.17) is 0 Å². The Balaban J connectivity index is 1.53. The molecular weight excluding hydrogens is 456 g/mol. The number of hydrazone groups is 1. The van der Waals surface area contributed by atoms with E-state index in [1.165, 1.54) is 36.2 Å². The second kappa shape index (κ2) is 10.4. The van der Waals surface area contributed by atoms with E-state index in [2.05, 4.69) is 20.7 Å². The van der Waals surface area contributed by atoms with Gasteiger partial charge >= 0.3 is 5.16 Å². The lowest BCUT2D eigenvalue weighted by molar-refractivity contribution is -0.625. The average molecular weight is 476 g/mol. The first kappa shape index (κ1) is 22.7. The number of phenolic OH excluding ortho intramolecular Hbond substituents is 1. The van der Waals surface area contributed by atoms with Crippen molar-refractivity contribution >= 4 is 29.6 Å². The molecule has 170 valence electrons. The molecule has 4 aromatic rings. The van der Waals surface area contributed by atoms with Crippen LogP contribution in [0.1, 0.15) is 5.56 Å². The van der Waals surface area contributed by atoms with E-state index in [9.17, 15) is 20.0 Å². The molecule has 11 heteroatoms. The van der Waals surface area contributed by atoms with Crippen LogP contribution in [0.4, 0.5) is 5.69 Å². The molecule has 1 amide bonds. The fourth-order valence-corrected chi connectivity index (χ4v) is 3.88. The highest BCUT2D eigenvalue weighted by atomic mass is 32.2. The minimum absolute atomic E-state index is 0.0312. The minimum atomic E-state index is -0.454. The maximum Gasteiger partial charge on any atom is 0.342 e. The lowest BCUT2D eigenvalue weighted by atomic mass is 10.2. The number of nitrogens with one attached hydrogen (secondary N) is 2. The second-order valence-corrected chi connectivity index (χ2v) is 7.95. The summed E-state index contributed by atoms with van der Waals surface area (Å²) in [7, 11) is 0. The Morgan fingerprint density at radius 1 is 1.15 bits per heavy atom. The molecule has 1 heterocycles. The number of nitro groups is 1. The third-order valence-corrected chi connectivity index (χ3v) is 5.56. The molecule has 0 unspecified atom stereocenters. The summed E-state index contributed by atoms with van der Waals surface area (Å²) in [5, 5.41) is 32.4. The first-order valence-electron chi connectivity index (χ1n) is 10.1. The van der Waals surface area contributed by atoms with Crippen LogP contribution in [0.3, 0.4) is 0 Å². The van der Waals surface area contributed by atoms with Crippen LogP contribution in [0, 0.1) is 10.1 Å². The number of nitrogens with zero attached hydrogens (tertiary/aromatic N) is 4. The van der Waals surface area contributed by atoms with Gasteiger partial charge in [-0.15, -0.1) is 5.10 Å². The van der Waals surface area contributed by atoms with E-state index < -0.39 is 4.92 Å². The van der Waals surface area contributed by atoms with E-state index in [-0.39, 0.29) is 23.1 Å². The number of aromatic nitrogens is 3. The van der Waals surface area contributed by atoms with Gasteiger partial charge in [-0.3, -0.25) is 14.9 Å². The molecule has 34 heavy (non-hydrogen) atoms. The highest BCUT2D eigenvalue weighted by Gasteiger charge is 2.25. The zero-order chi connectivity index (χ0) is 23.9. The molecule has 0 bridgehead atoms. The normalized spacial score (nSPS) is 10.9. The van der Waals surface area contributed by atoms with Crippen molar-refractivity contribution < 1.29 is 19.4 Å². The van der Waals surface area contributed by atoms with Crippen molar-refractivity contribution in [1.82, 2.24) is 15.6 Å². The van der Waals surface area contributed by atoms with Crippen LogP contribution < -0.4 is 9.99 Å². The zero-order valence-corrected chi connectivity index (χ0v) is 18.5. The summed E-state index contributed by atoms with van der Waals surface area (Å²) in [4.78, 5) is 23.1. The number of H-pyrrole nitrogens is 1. The number of phenols is 1. The third-order valence-electron chi connectivity index (χ3n) is 4.62. The summed E-state index contributed by atoms with van der Waals surface area (Å²) < 4.78 is 1.80. The van der Waals surface area contributed by atoms with Gasteiger partial charge in [0.05, 0.1) is 27.6 Å². The number of hydrogen-bond donors (Lipinski definition) is 3. The highest BCUT2D eigenvalue weighted by Crippen LogP contribution is 2.23. The van der Waals surface area contributed by atoms with Gasteiger partial charge < -0.3 is 5.11 Å². The standard InChI is InChI=1S/C23H18N6O4S/c30-20-11-4-6-16(12-20)14-24-25-21(31)15-34-23-27-26-22(28(23)18-8-2-1-3-9-18)17-7-5-10-19(13-17)29(32)33/h1-14H,15H2,(H2,25,30,31)/p+1. The van der Waals surface area contributed by atoms with Crippen LogP contribution in [0.15, 0.2) is 89.1 Å². The molecule has 10 nitrogen and oxygen atoms in total. The quantitative estimate of drug-likeness (QED) is 0.118. The number of carbonyl (C=O) groups is 1. The average Bonchev–Trinajstić information content (AvgIpc) is 3.27. The van der Waals surface area contributed by atoms with E-state index in [0.717, 1.165) is 5.69 Å². The Hall–Kier alpha value is -4.51. The van der Waals surface area contributed by atoms with Crippen molar-refractivity contribution in [3.8, 4) is 22.8 Å². The van der Waals surface area contributed by atoms with E-state index in [1.54, 1.807) is 34.9 Å². The predicted octanol–water partition coefficient (Wildman–Crippen LogP) is 3.21. The van der Waals surface area contributed by atoms with Crippen molar-refractivity contribution in [3.63, 3.8) is 0 Å². The lowest BCUT2D eigenvalue weighted by Gasteiger charge is -2.04. The van der Waals surface area contributed by atoms with Crippen LogP contribution in [0.25, 0.3) is 17.1 Å². The Morgan fingerprint density at radius 3 is 2.71 bits per heavy atom. The summed E-state index contributed by atoms with van der Waals surface area (Å²) in [6, 6.07) is 22.1. The number of carbonyl (C=O) groups excluding carboxylic acids is 1. The van der Waals surface area contributed by atoms with Crippen molar-refractivity contribution in [3.05, 3.63) is 94.5 Å². The van der Waals surface area contributed by atoms with Gasteiger partial charge in [0.1, 0.15) is 11.4 Å². The number of hydrogen-bond acceptors (Lipinski definition) is 7. The van der Waals surface area contributed by atoms with Gasteiger partial charge in [0.2, 0.25) is 0 Å². The molecule has 0 aliphatic heterocycles.